The molecule has 2 aliphatic rings. The first-order valence-electron chi connectivity index (χ1n) is 9.42. The van der Waals surface area contributed by atoms with Crippen molar-refractivity contribution in [1.82, 2.24) is 20.2 Å². The molecular formula is C18H29N5O2. The quantitative estimate of drug-likeness (QED) is 0.741. The maximum atomic E-state index is 12.2. The van der Waals surface area contributed by atoms with Gasteiger partial charge in [0.15, 0.2) is 0 Å². The Hall–Kier alpha value is -1.73. The first-order valence-corrected chi connectivity index (χ1v) is 9.42. The van der Waals surface area contributed by atoms with E-state index < -0.39 is 5.60 Å². The first-order chi connectivity index (χ1) is 12.2. The minimum atomic E-state index is -1.13. The lowest BCUT2D eigenvalue weighted by Gasteiger charge is -2.34. The number of nitrogens with one attached hydrogen (secondary N) is 1. The number of hydrogen-bond donors (Lipinski definition) is 2. The van der Waals surface area contributed by atoms with Crippen LogP contribution in [0.4, 0.5) is 5.95 Å². The molecule has 138 valence electrons. The Bertz CT molecular complexity index is 540. The smallest absolute Gasteiger partial charge is 0.251 e. The van der Waals surface area contributed by atoms with Crippen molar-refractivity contribution in [3.63, 3.8) is 0 Å². The minimum Gasteiger partial charge on any atom is -0.380 e. The highest BCUT2D eigenvalue weighted by Crippen LogP contribution is 2.28. The van der Waals surface area contributed by atoms with E-state index in [4.69, 9.17) is 0 Å². The third kappa shape index (κ3) is 4.89. The highest BCUT2D eigenvalue weighted by atomic mass is 16.3. The molecule has 2 fully saturated rings. The lowest BCUT2D eigenvalue weighted by Crippen LogP contribution is -2.49. The van der Waals surface area contributed by atoms with Crippen molar-refractivity contribution in [3.8, 4) is 0 Å². The van der Waals surface area contributed by atoms with Crippen molar-refractivity contribution in [3.05, 3.63) is 18.5 Å². The molecule has 1 aromatic heterocycles. The van der Waals surface area contributed by atoms with Crippen LogP contribution in [0.3, 0.4) is 0 Å². The zero-order valence-electron chi connectivity index (χ0n) is 14.9. The Balaban J connectivity index is 1.32. The van der Waals surface area contributed by atoms with E-state index in [1.807, 2.05) is 6.07 Å². The molecule has 2 heterocycles. The molecule has 1 aliphatic heterocycles. The van der Waals surface area contributed by atoms with Crippen LogP contribution >= 0.6 is 0 Å². The molecule has 1 aromatic rings. The molecule has 1 saturated heterocycles. The Morgan fingerprint density at radius 2 is 1.80 bits per heavy atom. The zero-order valence-corrected chi connectivity index (χ0v) is 14.9. The Morgan fingerprint density at radius 3 is 2.48 bits per heavy atom. The second kappa shape index (κ2) is 8.58. The summed E-state index contributed by atoms with van der Waals surface area (Å²) in [6, 6.07) is 1.83. The standard InChI is InChI=1S/C18H29N5O2/c24-16(18(25)6-2-1-3-7-18)19-10-5-11-22-12-14-23(15-13-22)17-20-8-4-9-21-17/h4,8-9,25H,1-3,5-7,10-15H2,(H,19,24). The normalized spacial score (nSPS) is 21.1. The number of aromatic nitrogens is 2. The number of piperazine rings is 1. The van der Waals surface area contributed by atoms with Gasteiger partial charge in [-0.2, -0.15) is 0 Å². The van der Waals surface area contributed by atoms with Gasteiger partial charge in [-0.25, -0.2) is 9.97 Å². The summed E-state index contributed by atoms with van der Waals surface area (Å²) < 4.78 is 0. The number of carbonyl (C=O) groups excluding carboxylic acids is 1. The predicted molar refractivity (Wildman–Crippen MR) is 96.3 cm³/mol. The molecule has 3 rings (SSSR count). The van der Waals surface area contributed by atoms with Gasteiger partial charge < -0.3 is 15.3 Å². The Morgan fingerprint density at radius 1 is 1.12 bits per heavy atom. The molecule has 0 radical (unpaired) electrons. The van der Waals surface area contributed by atoms with Crippen LogP contribution in [0.1, 0.15) is 38.5 Å². The highest BCUT2D eigenvalue weighted by Gasteiger charge is 2.36. The van der Waals surface area contributed by atoms with Gasteiger partial charge in [-0.15, -0.1) is 0 Å². The summed E-state index contributed by atoms with van der Waals surface area (Å²) in [4.78, 5) is 25.4. The molecule has 2 N–H and O–H groups in total. The van der Waals surface area contributed by atoms with Gasteiger partial charge in [-0.3, -0.25) is 9.69 Å². The summed E-state index contributed by atoms with van der Waals surface area (Å²) in [6.45, 7) is 5.41. The van der Waals surface area contributed by atoms with Gasteiger partial charge >= 0.3 is 0 Å². The fraction of sp³-hybridized carbons (Fsp3) is 0.722. The molecule has 7 nitrogen and oxygen atoms in total. The largest absolute Gasteiger partial charge is 0.380 e. The van der Waals surface area contributed by atoms with Crippen molar-refractivity contribution >= 4 is 11.9 Å². The number of hydrogen-bond acceptors (Lipinski definition) is 6. The molecule has 7 heteroatoms. The monoisotopic (exact) mass is 347 g/mol. The third-order valence-electron chi connectivity index (χ3n) is 5.25. The molecule has 0 atom stereocenters. The number of nitrogens with zero attached hydrogens (tertiary/aromatic N) is 4. The van der Waals surface area contributed by atoms with Crippen LogP contribution in [0.15, 0.2) is 18.5 Å². The van der Waals surface area contributed by atoms with Crippen molar-refractivity contribution < 1.29 is 9.90 Å². The van der Waals surface area contributed by atoms with Crippen molar-refractivity contribution in [2.45, 2.75) is 44.1 Å². The second-order valence-electron chi connectivity index (χ2n) is 7.08. The predicted octanol–water partition coefficient (Wildman–Crippen LogP) is 0.800. The number of amides is 1. The molecule has 1 aliphatic carbocycles. The maximum Gasteiger partial charge on any atom is 0.251 e. The Labute approximate surface area is 149 Å². The van der Waals surface area contributed by atoms with E-state index in [0.717, 1.165) is 64.4 Å². The van der Waals surface area contributed by atoms with Crippen LogP contribution in [0.5, 0.6) is 0 Å². The van der Waals surface area contributed by atoms with Gasteiger partial charge in [0, 0.05) is 45.1 Å². The number of carbonyl (C=O) groups is 1. The second-order valence-corrected chi connectivity index (χ2v) is 7.08. The molecule has 0 unspecified atom stereocenters. The van der Waals surface area contributed by atoms with Crippen molar-refractivity contribution in [2.24, 2.45) is 0 Å². The van der Waals surface area contributed by atoms with E-state index >= 15 is 0 Å². The van der Waals surface area contributed by atoms with Crippen LogP contribution in [-0.2, 0) is 4.79 Å². The number of anilines is 1. The topological polar surface area (TPSA) is 81.6 Å². The van der Waals surface area contributed by atoms with Gasteiger partial charge in [0.25, 0.3) is 5.91 Å². The molecule has 0 bridgehead atoms. The summed E-state index contributed by atoms with van der Waals surface area (Å²) in [5.41, 5.74) is -1.13. The summed E-state index contributed by atoms with van der Waals surface area (Å²) in [5, 5.41) is 13.3. The maximum absolute atomic E-state index is 12.2. The molecule has 0 aromatic carbocycles. The lowest BCUT2D eigenvalue weighted by molar-refractivity contribution is -0.143. The number of rotatable bonds is 6. The van der Waals surface area contributed by atoms with Crippen LogP contribution < -0.4 is 10.2 Å². The van der Waals surface area contributed by atoms with Crippen molar-refractivity contribution in [2.75, 3.05) is 44.2 Å². The van der Waals surface area contributed by atoms with E-state index in [1.165, 1.54) is 0 Å². The van der Waals surface area contributed by atoms with Gasteiger partial charge in [0.1, 0.15) is 5.60 Å². The average Bonchev–Trinajstić information content (AvgIpc) is 2.67. The number of aliphatic hydroxyl groups is 1. The molecule has 1 amide bonds. The molecular weight excluding hydrogens is 318 g/mol. The molecule has 0 spiro atoms. The average molecular weight is 347 g/mol. The van der Waals surface area contributed by atoms with Crippen LogP contribution in [0.2, 0.25) is 0 Å². The van der Waals surface area contributed by atoms with Gasteiger partial charge in [0.2, 0.25) is 5.95 Å². The summed E-state index contributed by atoms with van der Waals surface area (Å²) >= 11 is 0. The molecule has 25 heavy (non-hydrogen) atoms. The van der Waals surface area contributed by atoms with E-state index in [1.54, 1.807) is 12.4 Å². The fourth-order valence-corrected chi connectivity index (χ4v) is 3.66. The SMILES string of the molecule is O=C(NCCCN1CCN(c2ncccn2)CC1)C1(O)CCCCC1. The first kappa shape index (κ1) is 18.1. The van der Waals surface area contributed by atoms with Gasteiger partial charge in [0.05, 0.1) is 0 Å². The van der Waals surface area contributed by atoms with E-state index in [-0.39, 0.29) is 5.91 Å². The summed E-state index contributed by atoms with van der Waals surface area (Å²) in [6.07, 6.45) is 8.66. The Kier molecular flexibility index (Phi) is 6.20. The van der Waals surface area contributed by atoms with Crippen LogP contribution in [-0.4, -0.2) is 70.8 Å². The zero-order chi connectivity index (χ0) is 17.5. The van der Waals surface area contributed by atoms with Gasteiger partial charge in [-0.05, 0) is 31.9 Å². The van der Waals surface area contributed by atoms with Gasteiger partial charge in [-0.1, -0.05) is 19.3 Å². The van der Waals surface area contributed by atoms with Crippen molar-refractivity contribution in [1.29, 1.82) is 0 Å². The molecule has 1 saturated carbocycles. The lowest BCUT2D eigenvalue weighted by atomic mass is 9.84. The van der Waals surface area contributed by atoms with E-state index in [2.05, 4.69) is 25.1 Å². The third-order valence-corrected chi connectivity index (χ3v) is 5.25. The highest BCUT2D eigenvalue weighted by molar-refractivity contribution is 5.84. The van der Waals surface area contributed by atoms with E-state index in [9.17, 15) is 9.90 Å². The summed E-state index contributed by atoms with van der Waals surface area (Å²) in [5.74, 6) is 0.619. The van der Waals surface area contributed by atoms with Crippen LogP contribution in [0, 0.1) is 0 Å². The van der Waals surface area contributed by atoms with E-state index in [0.29, 0.717) is 19.4 Å². The van der Waals surface area contributed by atoms with Crippen LogP contribution in [0.25, 0.3) is 0 Å². The summed E-state index contributed by atoms with van der Waals surface area (Å²) in [7, 11) is 0. The minimum absolute atomic E-state index is 0.182. The fourth-order valence-electron chi connectivity index (χ4n) is 3.66.